The minimum absolute atomic E-state index is 0.516. The van der Waals surface area contributed by atoms with Crippen molar-refractivity contribution in [3.8, 4) is 0 Å². The standard InChI is InChI=1S/C13H16F3NO/c1-4-17-11(12(2,3)18)9-5-7-10(8-6-9)13(14,15)16/h4-8,11,17-18H,1H2,2-3H3. The van der Waals surface area contributed by atoms with E-state index in [2.05, 4.69) is 11.9 Å². The smallest absolute Gasteiger partial charge is 0.388 e. The molecule has 2 N–H and O–H groups in total. The second-order valence-corrected chi connectivity index (χ2v) is 4.58. The Bertz CT molecular complexity index is 404. The second-order valence-electron chi connectivity index (χ2n) is 4.58. The molecule has 0 bridgehead atoms. The number of rotatable bonds is 4. The Balaban J connectivity index is 3.05. The summed E-state index contributed by atoms with van der Waals surface area (Å²) >= 11 is 0. The summed E-state index contributed by atoms with van der Waals surface area (Å²) in [5, 5.41) is 12.8. The molecule has 0 aliphatic heterocycles. The Morgan fingerprint density at radius 3 is 2.06 bits per heavy atom. The lowest BCUT2D eigenvalue weighted by Crippen LogP contribution is -2.36. The van der Waals surface area contributed by atoms with E-state index in [1.54, 1.807) is 13.8 Å². The number of alkyl halides is 3. The molecule has 18 heavy (non-hydrogen) atoms. The molecule has 1 atom stereocenters. The van der Waals surface area contributed by atoms with Gasteiger partial charge in [-0.05, 0) is 37.7 Å². The van der Waals surface area contributed by atoms with Crippen molar-refractivity contribution >= 4 is 0 Å². The molecule has 1 unspecified atom stereocenters. The molecule has 0 heterocycles. The first-order valence-electron chi connectivity index (χ1n) is 5.42. The summed E-state index contributed by atoms with van der Waals surface area (Å²) in [5.41, 5.74) is -1.26. The average Bonchev–Trinajstić information content (AvgIpc) is 2.23. The van der Waals surface area contributed by atoms with Gasteiger partial charge >= 0.3 is 6.18 Å². The monoisotopic (exact) mass is 259 g/mol. The van der Waals surface area contributed by atoms with Crippen LogP contribution in [0.3, 0.4) is 0 Å². The topological polar surface area (TPSA) is 32.3 Å². The maximum Gasteiger partial charge on any atom is 0.416 e. The summed E-state index contributed by atoms with van der Waals surface area (Å²) in [6.45, 7) is 6.64. The van der Waals surface area contributed by atoms with Gasteiger partial charge in [-0.25, -0.2) is 0 Å². The largest absolute Gasteiger partial charge is 0.416 e. The summed E-state index contributed by atoms with van der Waals surface area (Å²) in [6.07, 6.45) is -2.95. The highest BCUT2D eigenvalue weighted by Gasteiger charge is 2.32. The summed E-state index contributed by atoms with van der Waals surface area (Å²) in [6, 6.07) is 4.18. The molecule has 0 radical (unpaired) electrons. The van der Waals surface area contributed by atoms with Gasteiger partial charge in [0.15, 0.2) is 0 Å². The van der Waals surface area contributed by atoms with Crippen molar-refractivity contribution in [1.29, 1.82) is 0 Å². The third kappa shape index (κ3) is 3.50. The molecular formula is C13H16F3NO. The van der Waals surface area contributed by atoms with Crippen LogP contribution in [-0.4, -0.2) is 10.7 Å². The van der Waals surface area contributed by atoms with Crippen LogP contribution in [0.1, 0.15) is 31.0 Å². The molecule has 0 aromatic heterocycles. The van der Waals surface area contributed by atoms with Crippen LogP contribution in [0, 0.1) is 0 Å². The fourth-order valence-corrected chi connectivity index (χ4v) is 1.69. The molecule has 0 aliphatic rings. The molecule has 0 aliphatic carbocycles. The molecule has 0 spiro atoms. The summed E-state index contributed by atoms with van der Waals surface area (Å²) < 4.78 is 37.3. The minimum atomic E-state index is -4.35. The van der Waals surface area contributed by atoms with Crippen molar-refractivity contribution in [2.24, 2.45) is 0 Å². The lowest BCUT2D eigenvalue weighted by molar-refractivity contribution is -0.137. The number of hydrogen-bond acceptors (Lipinski definition) is 2. The van der Waals surface area contributed by atoms with Crippen LogP contribution in [0.5, 0.6) is 0 Å². The summed E-state index contributed by atoms with van der Waals surface area (Å²) in [4.78, 5) is 0. The van der Waals surface area contributed by atoms with E-state index >= 15 is 0 Å². The zero-order valence-corrected chi connectivity index (χ0v) is 10.3. The number of halogens is 3. The van der Waals surface area contributed by atoms with Crippen molar-refractivity contribution in [1.82, 2.24) is 5.32 Å². The fourth-order valence-electron chi connectivity index (χ4n) is 1.69. The molecular weight excluding hydrogens is 243 g/mol. The first-order valence-corrected chi connectivity index (χ1v) is 5.42. The third-order valence-corrected chi connectivity index (χ3v) is 2.56. The molecule has 1 aromatic carbocycles. The van der Waals surface area contributed by atoms with Crippen LogP contribution in [0.25, 0.3) is 0 Å². The maximum atomic E-state index is 12.4. The lowest BCUT2D eigenvalue weighted by atomic mass is 9.91. The Hall–Kier alpha value is -1.49. The van der Waals surface area contributed by atoms with Gasteiger partial charge in [-0.3, -0.25) is 0 Å². The normalized spacial score (nSPS) is 14.1. The molecule has 5 heteroatoms. The van der Waals surface area contributed by atoms with E-state index in [0.29, 0.717) is 5.56 Å². The Morgan fingerprint density at radius 1 is 1.22 bits per heavy atom. The van der Waals surface area contributed by atoms with E-state index in [9.17, 15) is 18.3 Å². The molecule has 0 saturated heterocycles. The van der Waals surface area contributed by atoms with Gasteiger partial charge in [0.05, 0.1) is 17.2 Å². The van der Waals surface area contributed by atoms with Crippen molar-refractivity contribution in [3.63, 3.8) is 0 Å². The van der Waals surface area contributed by atoms with E-state index in [1.807, 2.05) is 0 Å². The van der Waals surface area contributed by atoms with Crippen LogP contribution >= 0.6 is 0 Å². The lowest BCUT2D eigenvalue weighted by Gasteiger charge is -2.30. The van der Waals surface area contributed by atoms with Gasteiger partial charge in [-0.15, -0.1) is 0 Å². The van der Waals surface area contributed by atoms with Gasteiger partial charge in [0, 0.05) is 0 Å². The van der Waals surface area contributed by atoms with Gasteiger partial charge in [-0.2, -0.15) is 13.2 Å². The van der Waals surface area contributed by atoms with Crippen molar-refractivity contribution in [3.05, 3.63) is 48.2 Å². The number of benzene rings is 1. The zero-order valence-electron chi connectivity index (χ0n) is 10.3. The van der Waals surface area contributed by atoms with Crippen molar-refractivity contribution in [2.45, 2.75) is 31.7 Å². The Kier molecular flexibility index (Phi) is 4.06. The van der Waals surface area contributed by atoms with E-state index in [1.165, 1.54) is 18.3 Å². The van der Waals surface area contributed by atoms with Gasteiger partial charge < -0.3 is 10.4 Å². The van der Waals surface area contributed by atoms with E-state index in [-0.39, 0.29) is 0 Å². The molecule has 0 saturated carbocycles. The molecule has 0 amide bonds. The van der Waals surface area contributed by atoms with Crippen LogP contribution < -0.4 is 5.32 Å². The summed E-state index contributed by atoms with van der Waals surface area (Å²) in [5.74, 6) is 0. The van der Waals surface area contributed by atoms with Crippen molar-refractivity contribution < 1.29 is 18.3 Å². The summed E-state index contributed by atoms with van der Waals surface area (Å²) in [7, 11) is 0. The highest BCUT2D eigenvalue weighted by Crippen LogP contribution is 2.31. The SMILES string of the molecule is C=CNC(c1ccc(C(F)(F)F)cc1)C(C)(C)O. The van der Waals surface area contributed by atoms with Gasteiger partial charge in [-0.1, -0.05) is 18.7 Å². The highest BCUT2D eigenvalue weighted by atomic mass is 19.4. The molecule has 100 valence electrons. The molecule has 1 rings (SSSR count). The quantitative estimate of drug-likeness (QED) is 0.870. The molecule has 1 aromatic rings. The van der Waals surface area contributed by atoms with Gasteiger partial charge in [0.25, 0.3) is 0 Å². The Morgan fingerprint density at radius 2 is 1.72 bits per heavy atom. The van der Waals surface area contributed by atoms with E-state index in [0.717, 1.165) is 12.1 Å². The minimum Gasteiger partial charge on any atom is -0.388 e. The first-order chi connectivity index (χ1) is 8.16. The van der Waals surface area contributed by atoms with Gasteiger partial charge in [0.2, 0.25) is 0 Å². The van der Waals surface area contributed by atoms with Crippen molar-refractivity contribution in [2.75, 3.05) is 0 Å². The number of hydrogen-bond donors (Lipinski definition) is 2. The van der Waals surface area contributed by atoms with E-state index in [4.69, 9.17) is 0 Å². The Labute approximate surface area is 104 Å². The van der Waals surface area contributed by atoms with Gasteiger partial charge in [0.1, 0.15) is 0 Å². The maximum absolute atomic E-state index is 12.4. The highest BCUT2D eigenvalue weighted by molar-refractivity contribution is 5.28. The predicted octanol–water partition coefficient (Wildman–Crippen LogP) is 3.25. The first kappa shape index (κ1) is 14.6. The third-order valence-electron chi connectivity index (χ3n) is 2.56. The number of aliphatic hydroxyl groups is 1. The van der Waals surface area contributed by atoms with Crippen LogP contribution in [0.15, 0.2) is 37.0 Å². The molecule has 2 nitrogen and oxygen atoms in total. The predicted molar refractivity (Wildman–Crippen MR) is 63.8 cm³/mol. The van der Waals surface area contributed by atoms with Crippen LogP contribution in [0.4, 0.5) is 13.2 Å². The second kappa shape index (κ2) is 5.02. The van der Waals surface area contributed by atoms with Crippen LogP contribution in [0.2, 0.25) is 0 Å². The average molecular weight is 259 g/mol. The van der Waals surface area contributed by atoms with Crippen LogP contribution in [-0.2, 0) is 6.18 Å². The fraction of sp³-hybridized carbons (Fsp3) is 0.385. The molecule has 0 fully saturated rings. The zero-order chi connectivity index (χ0) is 14.0. The number of nitrogens with one attached hydrogen (secondary N) is 1. The van der Waals surface area contributed by atoms with E-state index < -0.39 is 23.4 Å².